The van der Waals surface area contributed by atoms with Gasteiger partial charge in [0.15, 0.2) is 11.5 Å². The van der Waals surface area contributed by atoms with Crippen molar-refractivity contribution in [3.8, 4) is 11.5 Å². The third kappa shape index (κ3) is 2.39. The molecule has 22 heavy (non-hydrogen) atoms. The van der Waals surface area contributed by atoms with Crippen LogP contribution in [0.25, 0.3) is 0 Å². The van der Waals surface area contributed by atoms with E-state index in [2.05, 4.69) is 16.8 Å². The Morgan fingerprint density at radius 3 is 3.05 bits per heavy atom. The number of rotatable bonds is 2. The van der Waals surface area contributed by atoms with E-state index < -0.39 is 0 Å². The van der Waals surface area contributed by atoms with Crippen molar-refractivity contribution in [2.24, 2.45) is 0 Å². The second-order valence-electron chi connectivity index (χ2n) is 5.37. The number of anilines is 1. The Kier molecular flexibility index (Phi) is 3.38. The molecule has 1 saturated heterocycles. The number of hydrogen-bond donors (Lipinski definition) is 1. The summed E-state index contributed by atoms with van der Waals surface area (Å²) in [5, 5.41) is 5.02. The van der Waals surface area contributed by atoms with Gasteiger partial charge in [0.05, 0.1) is 6.04 Å². The molecule has 1 N–H and O–H groups in total. The van der Waals surface area contributed by atoms with Gasteiger partial charge in [-0.3, -0.25) is 0 Å². The van der Waals surface area contributed by atoms with Crippen LogP contribution in [0.15, 0.2) is 35.7 Å². The van der Waals surface area contributed by atoms with E-state index >= 15 is 0 Å². The summed E-state index contributed by atoms with van der Waals surface area (Å²) >= 11 is 1.71. The quantitative estimate of drug-likeness (QED) is 0.915. The van der Waals surface area contributed by atoms with Gasteiger partial charge in [0, 0.05) is 23.2 Å². The number of nitrogens with one attached hydrogen (secondary N) is 1. The summed E-state index contributed by atoms with van der Waals surface area (Å²) in [6, 6.07) is 9.72. The zero-order valence-corrected chi connectivity index (χ0v) is 12.8. The minimum Gasteiger partial charge on any atom is -0.454 e. The summed E-state index contributed by atoms with van der Waals surface area (Å²) in [6.07, 6.45) is 2.06. The van der Waals surface area contributed by atoms with E-state index in [0.717, 1.165) is 30.8 Å². The molecule has 2 aliphatic rings. The Labute approximate surface area is 132 Å². The van der Waals surface area contributed by atoms with Crippen LogP contribution in [0, 0.1) is 0 Å². The molecule has 0 saturated carbocycles. The van der Waals surface area contributed by atoms with Crippen molar-refractivity contribution >= 4 is 23.1 Å². The second kappa shape index (κ2) is 5.53. The maximum Gasteiger partial charge on any atom is 0.322 e. The van der Waals surface area contributed by atoms with Crippen molar-refractivity contribution in [3.63, 3.8) is 0 Å². The van der Waals surface area contributed by atoms with Crippen LogP contribution in [0.5, 0.6) is 11.5 Å². The number of urea groups is 1. The first-order valence-corrected chi connectivity index (χ1v) is 8.20. The first-order chi connectivity index (χ1) is 10.8. The molecular weight excluding hydrogens is 300 g/mol. The number of nitrogens with zero attached hydrogens (tertiary/aromatic N) is 1. The predicted molar refractivity (Wildman–Crippen MR) is 84.6 cm³/mol. The molecule has 6 heteroatoms. The van der Waals surface area contributed by atoms with Crippen molar-refractivity contribution in [2.75, 3.05) is 18.7 Å². The molecule has 2 aromatic rings. The summed E-state index contributed by atoms with van der Waals surface area (Å²) < 4.78 is 10.6. The molecule has 1 atom stereocenters. The van der Waals surface area contributed by atoms with Gasteiger partial charge in [-0.05, 0) is 36.4 Å². The van der Waals surface area contributed by atoms with Crippen LogP contribution < -0.4 is 14.8 Å². The average Bonchev–Trinajstić information content (AvgIpc) is 3.26. The summed E-state index contributed by atoms with van der Waals surface area (Å²) in [4.78, 5) is 15.7. The molecule has 2 aliphatic heterocycles. The lowest BCUT2D eigenvalue weighted by Crippen LogP contribution is -2.34. The fraction of sp³-hybridized carbons (Fsp3) is 0.312. The van der Waals surface area contributed by atoms with E-state index in [9.17, 15) is 4.79 Å². The third-order valence-electron chi connectivity index (χ3n) is 4.01. The molecule has 0 spiro atoms. The van der Waals surface area contributed by atoms with Gasteiger partial charge in [-0.1, -0.05) is 6.07 Å². The Bertz CT molecular complexity index is 687. The Balaban J connectivity index is 1.49. The standard InChI is InChI=1S/C16H16N2O3S/c19-16(17-11-5-6-13-14(9-11)21-10-20-13)18-7-1-3-12(18)15-4-2-8-22-15/h2,4-6,8-9,12H,1,3,7,10H2,(H,17,19). The van der Waals surface area contributed by atoms with Crippen molar-refractivity contribution in [1.82, 2.24) is 4.90 Å². The Hall–Kier alpha value is -2.21. The second-order valence-corrected chi connectivity index (χ2v) is 6.34. The van der Waals surface area contributed by atoms with E-state index in [1.807, 2.05) is 23.1 Å². The minimum absolute atomic E-state index is 0.0604. The van der Waals surface area contributed by atoms with Gasteiger partial charge in [-0.25, -0.2) is 4.79 Å². The predicted octanol–water partition coefficient (Wildman–Crippen LogP) is 3.85. The summed E-state index contributed by atoms with van der Waals surface area (Å²) in [5.74, 6) is 1.39. The van der Waals surface area contributed by atoms with Crippen LogP contribution in [-0.4, -0.2) is 24.3 Å². The molecule has 5 nitrogen and oxygen atoms in total. The Morgan fingerprint density at radius 1 is 1.27 bits per heavy atom. The number of thiophene rings is 1. The molecular formula is C16H16N2O3S. The number of fused-ring (bicyclic) bond motifs is 1. The molecule has 1 unspecified atom stereocenters. The number of likely N-dealkylation sites (tertiary alicyclic amines) is 1. The number of ether oxygens (including phenoxy) is 2. The molecule has 2 amide bonds. The van der Waals surface area contributed by atoms with E-state index in [1.165, 1.54) is 4.88 Å². The van der Waals surface area contributed by atoms with Crippen LogP contribution in [0.2, 0.25) is 0 Å². The Morgan fingerprint density at radius 2 is 2.18 bits per heavy atom. The first kappa shape index (κ1) is 13.5. The topological polar surface area (TPSA) is 50.8 Å². The van der Waals surface area contributed by atoms with Gasteiger partial charge in [0.25, 0.3) is 0 Å². The minimum atomic E-state index is -0.0604. The van der Waals surface area contributed by atoms with Gasteiger partial charge in [-0.15, -0.1) is 11.3 Å². The molecule has 0 bridgehead atoms. The fourth-order valence-electron chi connectivity index (χ4n) is 2.96. The van der Waals surface area contributed by atoms with Crippen LogP contribution in [0.3, 0.4) is 0 Å². The molecule has 1 fully saturated rings. The fourth-order valence-corrected chi connectivity index (χ4v) is 3.83. The van der Waals surface area contributed by atoms with Gasteiger partial charge in [0.1, 0.15) is 0 Å². The normalized spacial score (nSPS) is 19.5. The van der Waals surface area contributed by atoms with Crippen LogP contribution >= 0.6 is 11.3 Å². The van der Waals surface area contributed by atoms with Gasteiger partial charge < -0.3 is 19.7 Å². The zero-order valence-electron chi connectivity index (χ0n) is 12.0. The van der Waals surface area contributed by atoms with E-state index in [0.29, 0.717) is 5.75 Å². The zero-order chi connectivity index (χ0) is 14.9. The van der Waals surface area contributed by atoms with Crippen molar-refractivity contribution < 1.29 is 14.3 Å². The number of amides is 2. The van der Waals surface area contributed by atoms with E-state index in [1.54, 1.807) is 17.4 Å². The largest absolute Gasteiger partial charge is 0.454 e. The van der Waals surface area contributed by atoms with Crippen molar-refractivity contribution in [1.29, 1.82) is 0 Å². The highest BCUT2D eigenvalue weighted by atomic mass is 32.1. The lowest BCUT2D eigenvalue weighted by molar-refractivity contribution is 0.174. The van der Waals surface area contributed by atoms with E-state index in [-0.39, 0.29) is 18.9 Å². The van der Waals surface area contributed by atoms with Crippen LogP contribution in [-0.2, 0) is 0 Å². The van der Waals surface area contributed by atoms with Gasteiger partial charge in [0.2, 0.25) is 6.79 Å². The number of benzene rings is 1. The lowest BCUT2D eigenvalue weighted by atomic mass is 10.2. The van der Waals surface area contributed by atoms with Crippen LogP contribution in [0.4, 0.5) is 10.5 Å². The summed E-state index contributed by atoms with van der Waals surface area (Å²) in [6.45, 7) is 1.03. The van der Waals surface area contributed by atoms with Gasteiger partial charge in [-0.2, -0.15) is 0 Å². The number of carbonyl (C=O) groups is 1. The van der Waals surface area contributed by atoms with E-state index in [4.69, 9.17) is 9.47 Å². The molecule has 114 valence electrons. The van der Waals surface area contributed by atoms with Crippen LogP contribution in [0.1, 0.15) is 23.8 Å². The lowest BCUT2D eigenvalue weighted by Gasteiger charge is -2.24. The molecule has 0 radical (unpaired) electrons. The SMILES string of the molecule is O=C(Nc1ccc2c(c1)OCO2)N1CCCC1c1cccs1. The molecule has 0 aliphatic carbocycles. The number of hydrogen-bond acceptors (Lipinski definition) is 4. The average molecular weight is 316 g/mol. The number of carbonyl (C=O) groups excluding carboxylic acids is 1. The highest BCUT2D eigenvalue weighted by molar-refractivity contribution is 7.10. The van der Waals surface area contributed by atoms with Gasteiger partial charge >= 0.3 is 6.03 Å². The maximum atomic E-state index is 12.6. The highest BCUT2D eigenvalue weighted by Crippen LogP contribution is 2.36. The molecule has 3 heterocycles. The maximum absolute atomic E-state index is 12.6. The smallest absolute Gasteiger partial charge is 0.322 e. The molecule has 1 aromatic heterocycles. The van der Waals surface area contributed by atoms with Crippen molar-refractivity contribution in [3.05, 3.63) is 40.6 Å². The molecule has 1 aromatic carbocycles. The van der Waals surface area contributed by atoms with Crippen molar-refractivity contribution in [2.45, 2.75) is 18.9 Å². The third-order valence-corrected chi connectivity index (χ3v) is 4.98. The first-order valence-electron chi connectivity index (χ1n) is 7.32. The highest BCUT2D eigenvalue weighted by Gasteiger charge is 2.30. The summed E-state index contributed by atoms with van der Waals surface area (Å²) in [7, 11) is 0. The monoisotopic (exact) mass is 316 g/mol. The summed E-state index contributed by atoms with van der Waals surface area (Å²) in [5.41, 5.74) is 0.728. The molecule has 4 rings (SSSR count).